The predicted molar refractivity (Wildman–Crippen MR) is 130 cm³/mol. The molecule has 7 nitrogen and oxygen atoms in total. The van der Waals surface area contributed by atoms with Gasteiger partial charge in [0.1, 0.15) is 19.3 Å². The minimum Gasteiger partial charge on any atom is -0.502 e. The van der Waals surface area contributed by atoms with Crippen LogP contribution in [0.3, 0.4) is 0 Å². The average molecular weight is 494 g/mol. The number of carbonyl (C=O) groups is 1. The van der Waals surface area contributed by atoms with Crippen LogP contribution < -0.4 is 15.2 Å². The van der Waals surface area contributed by atoms with E-state index in [9.17, 15) is 19.1 Å². The number of aromatic nitrogens is 1. The second-order valence-corrected chi connectivity index (χ2v) is 9.14. The standard InChI is InChI=1S/C27H25F2N3O4/c1-16(2)20-9-6-14-36-26-18(10-11-19(28)22(26)29)23(17-7-4-3-5-8-17)32-15-30(20)27(35)24-25(34)21(33)12-13-31(24)32/h3-13,16,20,23,34H,14-15H2,1-2H3/b9-6+/t20?,23-/m1/s1. The molecule has 0 spiro atoms. The Morgan fingerprint density at radius 3 is 2.53 bits per heavy atom. The molecule has 9 heteroatoms. The van der Waals surface area contributed by atoms with Gasteiger partial charge < -0.3 is 14.7 Å². The Balaban J connectivity index is 1.85. The lowest BCUT2D eigenvalue weighted by molar-refractivity contribution is 0.0588. The van der Waals surface area contributed by atoms with Gasteiger partial charge in [0.25, 0.3) is 5.91 Å². The smallest absolute Gasteiger partial charge is 0.278 e. The van der Waals surface area contributed by atoms with Crippen molar-refractivity contribution in [2.45, 2.75) is 25.9 Å². The summed E-state index contributed by atoms with van der Waals surface area (Å²) in [5, 5.41) is 12.4. The molecule has 2 atom stereocenters. The van der Waals surface area contributed by atoms with Crippen LogP contribution >= 0.6 is 0 Å². The molecule has 0 saturated heterocycles. The summed E-state index contributed by atoms with van der Waals surface area (Å²) in [5.74, 6) is -3.63. The average Bonchev–Trinajstić information content (AvgIpc) is 2.89. The van der Waals surface area contributed by atoms with Gasteiger partial charge >= 0.3 is 0 Å². The zero-order valence-corrected chi connectivity index (χ0v) is 19.8. The normalized spacial score (nSPS) is 20.3. The minimum absolute atomic E-state index is 0.0383. The third-order valence-electron chi connectivity index (χ3n) is 6.58. The number of pyridine rings is 1. The first kappa shape index (κ1) is 23.6. The van der Waals surface area contributed by atoms with Gasteiger partial charge in [-0.25, -0.2) is 4.39 Å². The molecule has 186 valence electrons. The molecule has 2 bridgehead atoms. The van der Waals surface area contributed by atoms with Crippen LogP contribution in [-0.4, -0.2) is 39.9 Å². The summed E-state index contributed by atoms with van der Waals surface area (Å²) in [7, 11) is 0. The molecule has 1 N–H and O–H groups in total. The second kappa shape index (κ2) is 9.14. The van der Waals surface area contributed by atoms with Crippen LogP contribution in [0.4, 0.5) is 8.78 Å². The summed E-state index contributed by atoms with van der Waals surface area (Å²) < 4.78 is 36.6. The number of aromatic hydroxyl groups is 1. The lowest BCUT2D eigenvalue weighted by atomic mass is 9.96. The first-order chi connectivity index (χ1) is 17.3. The lowest BCUT2D eigenvalue weighted by Gasteiger charge is -2.46. The van der Waals surface area contributed by atoms with E-state index in [1.54, 1.807) is 22.1 Å². The number of rotatable bonds is 2. The number of hydrogen-bond donors (Lipinski definition) is 1. The number of hydrogen-bond acceptors (Lipinski definition) is 5. The molecule has 0 saturated carbocycles. The van der Waals surface area contributed by atoms with Crippen molar-refractivity contribution in [2.75, 3.05) is 18.3 Å². The van der Waals surface area contributed by atoms with Crippen LogP contribution in [0.2, 0.25) is 0 Å². The summed E-state index contributed by atoms with van der Waals surface area (Å²) in [6, 6.07) is 11.6. The van der Waals surface area contributed by atoms with E-state index in [0.29, 0.717) is 11.1 Å². The molecule has 3 aromatic rings. The third kappa shape index (κ3) is 3.80. The number of nitrogens with zero attached hydrogens (tertiary/aromatic N) is 3. The van der Waals surface area contributed by atoms with Gasteiger partial charge in [-0.15, -0.1) is 0 Å². The topological polar surface area (TPSA) is 75.0 Å². The van der Waals surface area contributed by atoms with Gasteiger partial charge in [0, 0.05) is 17.8 Å². The fraction of sp³-hybridized carbons (Fsp3) is 0.259. The van der Waals surface area contributed by atoms with E-state index in [1.807, 2.05) is 44.2 Å². The molecule has 1 unspecified atom stereocenters. The van der Waals surface area contributed by atoms with Gasteiger partial charge in [-0.3, -0.25) is 19.3 Å². The van der Waals surface area contributed by atoms with E-state index in [-0.39, 0.29) is 30.6 Å². The number of halogens is 2. The number of fused-ring (bicyclic) bond motifs is 5. The first-order valence-electron chi connectivity index (χ1n) is 11.6. The largest absolute Gasteiger partial charge is 0.502 e. The van der Waals surface area contributed by atoms with Gasteiger partial charge in [0.15, 0.2) is 23.0 Å². The van der Waals surface area contributed by atoms with Crippen molar-refractivity contribution in [2.24, 2.45) is 5.92 Å². The Morgan fingerprint density at radius 2 is 1.81 bits per heavy atom. The van der Waals surface area contributed by atoms with E-state index in [2.05, 4.69) is 0 Å². The predicted octanol–water partition coefficient (Wildman–Crippen LogP) is 3.95. The Bertz CT molecular complexity index is 1400. The molecule has 5 rings (SSSR count). The molecule has 3 heterocycles. The van der Waals surface area contributed by atoms with Crippen molar-refractivity contribution in [3.8, 4) is 11.5 Å². The van der Waals surface area contributed by atoms with Crippen molar-refractivity contribution in [3.05, 3.63) is 106 Å². The molecule has 1 aromatic heterocycles. The SMILES string of the molecule is CC(C)C1/C=C/COc2c(ccc(F)c2F)[C@@H](c2ccccc2)N2CN1C(=O)c1c(O)c(=O)ccn12. The zero-order chi connectivity index (χ0) is 25.6. The highest BCUT2D eigenvalue weighted by Gasteiger charge is 2.40. The van der Waals surface area contributed by atoms with Crippen LogP contribution in [0, 0.1) is 17.6 Å². The lowest BCUT2D eigenvalue weighted by Crippen LogP contribution is -2.58. The van der Waals surface area contributed by atoms with Crippen molar-refractivity contribution in [3.63, 3.8) is 0 Å². The maximum absolute atomic E-state index is 15.1. The molecule has 0 fully saturated rings. The zero-order valence-electron chi connectivity index (χ0n) is 19.8. The van der Waals surface area contributed by atoms with Crippen LogP contribution in [0.25, 0.3) is 0 Å². The van der Waals surface area contributed by atoms with E-state index in [1.165, 1.54) is 16.9 Å². The molecule has 2 aliphatic rings. The van der Waals surface area contributed by atoms with Gasteiger partial charge in [0.05, 0.1) is 6.04 Å². The summed E-state index contributed by atoms with van der Waals surface area (Å²) in [6.07, 6.45) is 4.84. The molecule has 1 amide bonds. The Kier molecular flexibility index (Phi) is 5.99. The van der Waals surface area contributed by atoms with E-state index < -0.39 is 40.8 Å². The Morgan fingerprint density at radius 1 is 1.06 bits per heavy atom. The summed E-state index contributed by atoms with van der Waals surface area (Å²) >= 11 is 0. The van der Waals surface area contributed by atoms with E-state index in [4.69, 9.17) is 4.74 Å². The summed E-state index contributed by atoms with van der Waals surface area (Å²) in [6.45, 7) is 3.88. The van der Waals surface area contributed by atoms with Gasteiger partial charge in [0.2, 0.25) is 11.2 Å². The fourth-order valence-corrected chi connectivity index (χ4v) is 4.86. The number of benzene rings is 2. The first-order valence-corrected chi connectivity index (χ1v) is 11.6. The summed E-state index contributed by atoms with van der Waals surface area (Å²) in [4.78, 5) is 27.6. The maximum atomic E-state index is 15.1. The van der Waals surface area contributed by atoms with Crippen molar-refractivity contribution in [1.29, 1.82) is 0 Å². The highest BCUT2D eigenvalue weighted by Crippen LogP contribution is 2.39. The molecule has 0 aliphatic carbocycles. The van der Waals surface area contributed by atoms with Crippen LogP contribution in [0.5, 0.6) is 11.5 Å². The monoisotopic (exact) mass is 493 g/mol. The second-order valence-electron chi connectivity index (χ2n) is 9.14. The number of amides is 1. The highest BCUT2D eigenvalue weighted by atomic mass is 19.2. The van der Waals surface area contributed by atoms with Crippen molar-refractivity contribution < 1.29 is 23.4 Å². The fourth-order valence-electron chi connectivity index (χ4n) is 4.86. The Hall–Kier alpha value is -4.14. The van der Waals surface area contributed by atoms with E-state index >= 15 is 4.39 Å². The van der Waals surface area contributed by atoms with Crippen molar-refractivity contribution >= 4 is 5.91 Å². The third-order valence-corrected chi connectivity index (χ3v) is 6.58. The van der Waals surface area contributed by atoms with Gasteiger partial charge in [-0.2, -0.15) is 4.39 Å². The summed E-state index contributed by atoms with van der Waals surface area (Å²) in [5.41, 5.74) is 0.151. The van der Waals surface area contributed by atoms with Crippen molar-refractivity contribution in [1.82, 2.24) is 9.58 Å². The number of carbonyl (C=O) groups excluding carboxylic acids is 1. The number of ether oxygens (including phenoxy) is 1. The van der Waals surface area contributed by atoms with Gasteiger partial charge in [-0.1, -0.05) is 50.3 Å². The molecule has 36 heavy (non-hydrogen) atoms. The van der Waals surface area contributed by atoms with Crippen LogP contribution in [0.15, 0.2) is 71.7 Å². The quantitative estimate of drug-likeness (QED) is 0.548. The molecule has 0 radical (unpaired) electrons. The molecular weight excluding hydrogens is 468 g/mol. The molecular formula is C27H25F2N3O4. The molecule has 2 aromatic carbocycles. The Labute approximate surface area is 206 Å². The highest BCUT2D eigenvalue weighted by molar-refractivity contribution is 5.96. The van der Waals surface area contributed by atoms with E-state index in [0.717, 1.165) is 12.1 Å². The van der Waals surface area contributed by atoms with Crippen LogP contribution in [-0.2, 0) is 0 Å². The minimum atomic E-state index is -1.12. The van der Waals surface area contributed by atoms with Gasteiger partial charge in [-0.05, 0) is 29.7 Å². The van der Waals surface area contributed by atoms with Crippen LogP contribution in [0.1, 0.15) is 41.5 Å². The maximum Gasteiger partial charge on any atom is 0.278 e. The molecule has 2 aliphatic heterocycles.